The Kier molecular flexibility index (Phi) is 7.61. The molecule has 1 saturated heterocycles. The quantitative estimate of drug-likeness (QED) is 0.388. The van der Waals surface area contributed by atoms with Gasteiger partial charge < -0.3 is 15.3 Å². The second-order valence-electron chi connectivity index (χ2n) is 7.99. The molecular weight excluding hydrogens is 410 g/mol. The monoisotopic (exact) mass is 439 g/mol. The van der Waals surface area contributed by atoms with Crippen LogP contribution in [0.1, 0.15) is 42.6 Å². The highest BCUT2D eigenvalue weighted by molar-refractivity contribution is 5.99. The highest BCUT2D eigenvalue weighted by Gasteiger charge is 2.37. The van der Waals surface area contributed by atoms with Gasteiger partial charge in [-0.3, -0.25) is 19.6 Å². The van der Waals surface area contributed by atoms with Crippen LogP contribution in [0, 0.1) is 0 Å². The van der Waals surface area contributed by atoms with Crippen LogP contribution in [0.2, 0.25) is 0 Å². The van der Waals surface area contributed by atoms with Crippen molar-refractivity contribution in [3.8, 4) is 11.1 Å². The first-order valence-electron chi connectivity index (χ1n) is 10.8. The molecule has 0 radical (unpaired) electrons. The first-order chi connectivity index (χ1) is 15.3. The summed E-state index contributed by atoms with van der Waals surface area (Å²) in [5.41, 5.74) is 5.22. The molecule has 1 fully saturated rings. The van der Waals surface area contributed by atoms with E-state index in [2.05, 4.69) is 36.5 Å². The third-order valence-corrected chi connectivity index (χ3v) is 5.82. The van der Waals surface area contributed by atoms with Gasteiger partial charge in [-0.15, -0.1) is 0 Å². The zero-order chi connectivity index (χ0) is 23.3. The van der Waals surface area contributed by atoms with Crippen molar-refractivity contribution in [3.63, 3.8) is 0 Å². The van der Waals surface area contributed by atoms with E-state index in [0.29, 0.717) is 24.9 Å². The summed E-state index contributed by atoms with van der Waals surface area (Å²) >= 11 is 0. The van der Waals surface area contributed by atoms with Crippen molar-refractivity contribution in [1.29, 1.82) is 0 Å². The zero-order valence-electron chi connectivity index (χ0n) is 18.2. The number of aryl methyl sites for hydroxylation is 1. The van der Waals surface area contributed by atoms with Crippen molar-refractivity contribution in [3.05, 3.63) is 59.7 Å². The Morgan fingerprint density at radius 1 is 1.06 bits per heavy atom. The number of carbonyl (C=O) groups is 3. The largest absolute Gasteiger partial charge is 0.391 e. The van der Waals surface area contributed by atoms with Crippen LogP contribution in [-0.4, -0.2) is 57.7 Å². The van der Waals surface area contributed by atoms with Crippen molar-refractivity contribution in [1.82, 2.24) is 15.7 Å². The predicted octanol–water partition coefficient (Wildman–Crippen LogP) is 1.89. The van der Waals surface area contributed by atoms with Crippen LogP contribution >= 0.6 is 0 Å². The standard InChI is InChI=1S/C24H29N3O5/c1-3-16-6-8-17(9-7-16)18-10-12-19(13-11-18)24(31)27-14-4-5-20(27)22(29)25-21(15(2)28)23(30)26-32/h6-13,15,20-21,28,32H,3-5,14H2,1-2H3,(H,25,29)(H,26,30)/t15-,20+,21+/m1/s1. The SMILES string of the molecule is CCc1ccc(-c2ccc(C(=O)N3CCC[C@H]3C(=O)N[C@H](C(=O)NO)[C@@H](C)O)cc2)cc1. The minimum absolute atomic E-state index is 0.268. The number of hydroxylamine groups is 1. The first kappa shape index (κ1) is 23.4. The van der Waals surface area contributed by atoms with Gasteiger partial charge in [-0.2, -0.15) is 0 Å². The topological polar surface area (TPSA) is 119 Å². The normalized spacial score (nSPS) is 17.5. The van der Waals surface area contributed by atoms with Crippen LogP contribution in [0.15, 0.2) is 48.5 Å². The molecule has 32 heavy (non-hydrogen) atoms. The first-order valence-corrected chi connectivity index (χ1v) is 10.8. The van der Waals surface area contributed by atoms with Crippen LogP contribution in [0.3, 0.4) is 0 Å². The smallest absolute Gasteiger partial charge is 0.268 e. The maximum atomic E-state index is 13.1. The Labute approximate surface area is 187 Å². The number of nitrogens with zero attached hydrogens (tertiary/aromatic N) is 1. The lowest BCUT2D eigenvalue weighted by Gasteiger charge is -2.27. The molecule has 1 heterocycles. The van der Waals surface area contributed by atoms with E-state index in [1.807, 2.05) is 12.1 Å². The fourth-order valence-electron chi connectivity index (χ4n) is 3.91. The minimum Gasteiger partial charge on any atom is -0.391 e. The number of amides is 3. The summed E-state index contributed by atoms with van der Waals surface area (Å²) in [5, 5.41) is 21.0. The highest BCUT2D eigenvalue weighted by atomic mass is 16.5. The number of aliphatic hydroxyl groups excluding tert-OH is 1. The number of rotatable bonds is 7. The van der Waals surface area contributed by atoms with E-state index >= 15 is 0 Å². The van der Waals surface area contributed by atoms with Crippen molar-refractivity contribution in [2.45, 2.75) is 51.3 Å². The van der Waals surface area contributed by atoms with Gasteiger partial charge in [0.1, 0.15) is 12.1 Å². The number of nitrogens with one attached hydrogen (secondary N) is 2. The Hall–Kier alpha value is -3.23. The van der Waals surface area contributed by atoms with Crippen LogP contribution in [0.4, 0.5) is 0 Å². The summed E-state index contributed by atoms with van der Waals surface area (Å²) < 4.78 is 0. The maximum Gasteiger partial charge on any atom is 0.268 e. The van der Waals surface area contributed by atoms with Crippen LogP contribution in [0.25, 0.3) is 11.1 Å². The number of hydrogen-bond donors (Lipinski definition) is 4. The summed E-state index contributed by atoms with van der Waals surface area (Å²) in [4.78, 5) is 39.0. The molecule has 4 N–H and O–H groups in total. The van der Waals surface area contributed by atoms with Gasteiger partial charge in [0.25, 0.3) is 11.8 Å². The zero-order valence-corrected chi connectivity index (χ0v) is 18.2. The van der Waals surface area contributed by atoms with Gasteiger partial charge >= 0.3 is 0 Å². The molecule has 3 atom stereocenters. The summed E-state index contributed by atoms with van der Waals surface area (Å²) in [5.74, 6) is -1.74. The molecule has 0 aromatic heterocycles. The summed E-state index contributed by atoms with van der Waals surface area (Å²) in [7, 11) is 0. The number of likely N-dealkylation sites (tertiary alicyclic amines) is 1. The van der Waals surface area contributed by atoms with Crippen LogP contribution < -0.4 is 10.8 Å². The van der Waals surface area contributed by atoms with E-state index < -0.39 is 30.0 Å². The Morgan fingerprint density at radius 2 is 1.66 bits per heavy atom. The van der Waals surface area contributed by atoms with E-state index in [4.69, 9.17) is 5.21 Å². The van der Waals surface area contributed by atoms with Gasteiger partial charge in [0.15, 0.2) is 0 Å². The van der Waals surface area contributed by atoms with Gasteiger partial charge in [0, 0.05) is 12.1 Å². The Morgan fingerprint density at radius 3 is 2.19 bits per heavy atom. The number of hydrogen-bond acceptors (Lipinski definition) is 5. The Bertz CT molecular complexity index is 957. The number of benzene rings is 2. The van der Waals surface area contributed by atoms with Crippen LogP contribution in [0.5, 0.6) is 0 Å². The molecule has 0 bridgehead atoms. The lowest BCUT2D eigenvalue weighted by molar-refractivity contribution is -0.138. The molecule has 3 rings (SSSR count). The van der Waals surface area contributed by atoms with Gasteiger partial charge in [-0.1, -0.05) is 43.3 Å². The van der Waals surface area contributed by atoms with E-state index in [1.54, 1.807) is 12.1 Å². The molecule has 2 aromatic rings. The summed E-state index contributed by atoms with van der Waals surface area (Å²) in [6.07, 6.45) is 0.862. The van der Waals surface area contributed by atoms with Crippen molar-refractivity contribution in [2.75, 3.05) is 6.54 Å². The number of aliphatic hydroxyl groups is 1. The van der Waals surface area contributed by atoms with E-state index in [0.717, 1.165) is 17.5 Å². The second kappa shape index (κ2) is 10.4. The van der Waals surface area contributed by atoms with Crippen molar-refractivity contribution >= 4 is 17.7 Å². The summed E-state index contributed by atoms with van der Waals surface area (Å²) in [6.45, 7) is 3.85. The molecule has 1 aliphatic heterocycles. The third-order valence-electron chi connectivity index (χ3n) is 5.82. The lowest BCUT2D eigenvalue weighted by Crippen LogP contribution is -2.56. The van der Waals surface area contributed by atoms with Crippen molar-refractivity contribution < 1.29 is 24.7 Å². The molecule has 0 spiro atoms. The predicted molar refractivity (Wildman–Crippen MR) is 119 cm³/mol. The molecule has 0 unspecified atom stereocenters. The molecule has 8 heteroatoms. The van der Waals surface area contributed by atoms with Gasteiger partial charge in [-0.05, 0) is 55.0 Å². The van der Waals surface area contributed by atoms with Gasteiger partial charge in [0.05, 0.1) is 6.10 Å². The molecule has 170 valence electrons. The number of carbonyl (C=O) groups excluding carboxylic acids is 3. The third kappa shape index (κ3) is 5.15. The van der Waals surface area contributed by atoms with E-state index in [9.17, 15) is 19.5 Å². The molecular formula is C24H29N3O5. The van der Waals surface area contributed by atoms with Gasteiger partial charge in [0.2, 0.25) is 5.91 Å². The van der Waals surface area contributed by atoms with E-state index in [-0.39, 0.29) is 5.91 Å². The van der Waals surface area contributed by atoms with Crippen LogP contribution in [-0.2, 0) is 16.0 Å². The second-order valence-corrected chi connectivity index (χ2v) is 7.99. The maximum absolute atomic E-state index is 13.1. The average molecular weight is 440 g/mol. The van der Waals surface area contributed by atoms with Gasteiger partial charge in [-0.25, -0.2) is 5.48 Å². The minimum atomic E-state index is -1.32. The van der Waals surface area contributed by atoms with Crippen molar-refractivity contribution in [2.24, 2.45) is 0 Å². The molecule has 0 saturated carbocycles. The molecule has 1 aliphatic rings. The molecule has 8 nitrogen and oxygen atoms in total. The fourth-order valence-corrected chi connectivity index (χ4v) is 3.91. The molecule has 2 aromatic carbocycles. The lowest BCUT2D eigenvalue weighted by atomic mass is 10.0. The fraction of sp³-hybridized carbons (Fsp3) is 0.375. The molecule has 3 amide bonds. The average Bonchev–Trinajstić information content (AvgIpc) is 3.31. The Balaban J connectivity index is 1.71. The van der Waals surface area contributed by atoms with E-state index in [1.165, 1.54) is 22.9 Å². The highest BCUT2D eigenvalue weighted by Crippen LogP contribution is 2.24. The summed E-state index contributed by atoms with van der Waals surface area (Å²) in [6, 6.07) is 13.5. The molecule has 0 aliphatic carbocycles.